The highest BCUT2D eigenvalue weighted by molar-refractivity contribution is 9.08. The Kier molecular flexibility index (Phi) is 3.51. The summed E-state index contributed by atoms with van der Waals surface area (Å²) in [6.07, 6.45) is -2.85. The molecule has 0 bridgehead atoms. The third-order valence-corrected chi connectivity index (χ3v) is 3.83. The van der Waals surface area contributed by atoms with Gasteiger partial charge < -0.3 is 4.57 Å². The fraction of sp³-hybridized carbons (Fsp3) is 0.385. The zero-order chi connectivity index (χ0) is 15.2. The first kappa shape index (κ1) is 14.5. The van der Waals surface area contributed by atoms with E-state index in [-0.39, 0.29) is 11.6 Å². The first-order valence-electron chi connectivity index (χ1n) is 6.28. The number of rotatable bonds is 3. The van der Waals surface area contributed by atoms with Crippen LogP contribution in [0.25, 0.3) is 11.4 Å². The van der Waals surface area contributed by atoms with Gasteiger partial charge in [-0.2, -0.15) is 13.2 Å². The summed E-state index contributed by atoms with van der Waals surface area (Å²) in [5.74, 6) is -0.285. The summed E-state index contributed by atoms with van der Waals surface area (Å²) >= 11 is 3.28. The Morgan fingerprint density at radius 2 is 1.95 bits per heavy atom. The number of hydrogen-bond donors (Lipinski definition) is 0. The van der Waals surface area contributed by atoms with Crippen LogP contribution in [0.1, 0.15) is 30.3 Å². The first-order chi connectivity index (χ1) is 9.91. The predicted octanol–water partition coefficient (Wildman–Crippen LogP) is 4.33. The van der Waals surface area contributed by atoms with Crippen LogP contribution in [0.5, 0.6) is 0 Å². The monoisotopic (exact) mass is 363 g/mol. The van der Waals surface area contributed by atoms with Crippen molar-refractivity contribution < 1.29 is 17.6 Å². The van der Waals surface area contributed by atoms with E-state index in [9.17, 15) is 17.6 Å². The van der Waals surface area contributed by atoms with Crippen molar-refractivity contribution in [2.45, 2.75) is 30.4 Å². The van der Waals surface area contributed by atoms with Gasteiger partial charge >= 0.3 is 6.18 Å². The summed E-state index contributed by atoms with van der Waals surface area (Å²) in [7, 11) is 0. The van der Waals surface area contributed by atoms with Gasteiger partial charge in [0, 0.05) is 11.6 Å². The molecular formula is C13H10BrF4N3. The van der Waals surface area contributed by atoms with Gasteiger partial charge in [-0.25, -0.2) is 4.39 Å². The van der Waals surface area contributed by atoms with Crippen LogP contribution in [0, 0.1) is 5.82 Å². The highest BCUT2D eigenvalue weighted by atomic mass is 79.9. The Hall–Kier alpha value is -1.44. The molecule has 0 saturated heterocycles. The van der Waals surface area contributed by atoms with Crippen molar-refractivity contribution in [2.75, 3.05) is 0 Å². The molecule has 0 N–H and O–H groups in total. The highest BCUT2D eigenvalue weighted by Gasteiger charge is 2.35. The van der Waals surface area contributed by atoms with Crippen molar-refractivity contribution in [1.82, 2.24) is 14.8 Å². The van der Waals surface area contributed by atoms with E-state index >= 15 is 0 Å². The van der Waals surface area contributed by atoms with Gasteiger partial charge in [0.05, 0.1) is 10.9 Å². The molecule has 1 heterocycles. The lowest BCUT2D eigenvalue weighted by molar-refractivity contribution is -0.139. The number of benzene rings is 1. The molecule has 1 saturated carbocycles. The zero-order valence-corrected chi connectivity index (χ0v) is 12.2. The topological polar surface area (TPSA) is 30.7 Å². The molecule has 1 aliphatic carbocycles. The molecular weight excluding hydrogens is 354 g/mol. The second-order valence-electron chi connectivity index (χ2n) is 4.87. The van der Waals surface area contributed by atoms with Crippen LogP contribution in [0.3, 0.4) is 0 Å². The van der Waals surface area contributed by atoms with Crippen LogP contribution in [-0.4, -0.2) is 14.8 Å². The molecule has 0 atom stereocenters. The van der Waals surface area contributed by atoms with Crippen LogP contribution in [-0.2, 0) is 11.5 Å². The fourth-order valence-electron chi connectivity index (χ4n) is 2.21. The summed E-state index contributed by atoms with van der Waals surface area (Å²) in [5, 5.41) is 8.40. The highest BCUT2D eigenvalue weighted by Crippen LogP contribution is 2.40. The average Bonchev–Trinajstić information content (AvgIpc) is 3.17. The lowest BCUT2D eigenvalue weighted by Crippen LogP contribution is -2.09. The van der Waals surface area contributed by atoms with Gasteiger partial charge in [-0.3, -0.25) is 0 Å². The summed E-state index contributed by atoms with van der Waals surface area (Å²) in [6, 6.07) is 3.11. The summed E-state index contributed by atoms with van der Waals surface area (Å²) in [5.41, 5.74) is -1.07. The van der Waals surface area contributed by atoms with Crippen LogP contribution in [0.15, 0.2) is 18.2 Å². The van der Waals surface area contributed by atoms with Gasteiger partial charge in [0.25, 0.3) is 0 Å². The van der Waals surface area contributed by atoms with Gasteiger partial charge in [0.1, 0.15) is 11.6 Å². The predicted molar refractivity (Wildman–Crippen MR) is 71.3 cm³/mol. The molecule has 112 valence electrons. The molecule has 3 rings (SSSR count). The van der Waals surface area contributed by atoms with E-state index in [1.807, 2.05) is 4.57 Å². The maximum atomic E-state index is 13.4. The molecule has 1 fully saturated rings. The van der Waals surface area contributed by atoms with Gasteiger partial charge in [-0.1, -0.05) is 15.9 Å². The molecule has 2 aromatic rings. The fourth-order valence-corrected chi connectivity index (χ4v) is 2.59. The molecule has 0 spiro atoms. The van der Waals surface area contributed by atoms with Crippen LogP contribution >= 0.6 is 15.9 Å². The Bertz CT molecular complexity index is 677. The summed E-state index contributed by atoms with van der Waals surface area (Å²) < 4.78 is 53.6. The molecule has 0 radical (unpaired) electrons. The van der Waals surface area contributed by atoms with Crippen molar-refractivity contribution in [1.29, 1.82) is 0 Å². The van der Waals surface area contributed by atoms with Crippen molar-refractivity contribution in [3.63, 3.8) is 0 Å². The van der Waals surface area contributed by atoms with Crippen LogP contribution < -0.4 is 0 Å². The van der Waals surface area contributed by atoms with E-state index in [0.717, 1.165) is 25.0 Å². The smallest absolute Gasteiger partial charge is 0.307 e. The Morgan fingerprint density at radius 3 is 2.52 bits per heavy atom. The molecule has 0 unspecified atom stereocenters. The molecule has 1 aromatic heterocycles. The lowest BCUT2D eigenvalue weighted by Gasteiger charge is -2.11. The van der Waals surface area contributed by atoms with Gasteiger partial charge in [0.2, 0.25) is 0 Å². The minimum Gasteiger partial charge on any atom is -0.307 e. The second-order valence-corrected chi connectivity index (χ2v) is 5.43. The van der Waals surface area contributed by atoms with Crippen LogP contribution in [0.2, 0.25) is 0 Å². The Labute approximate surface area is 126 Å². The van der Waals surface area contributed by atoms with E-state index in [0.29, 0.717) is 17.0 Å². The summed E-state index contributed by atoms with van der Waals surface area (Å²) in [4.78, 5) is 0. The van der Waals surface area contributed by atoms with E-state index in [1.165, 1.54) is 6.07 Å². The maximum Gasteiger partial charge on any atom is 0.419 e. The maximum absolute atomic E-state index is 13.4. The van der Waals surface area contributed by atoms with Gasteiger partial charge in [-0.15, -0.1) is 10.2 Å². The third-order valence-electron chi connectivity index (χ3n) is 3.33. The number of aromatic nitrogens is 3. The zero-order valence-electron chi connectivity index (χ0n) is 10.7. The first-order valence-corrected chi connectivity index (χ1v) is 7.41. The van der Waals surface area contributed by atoms with E-state index in [4.69, 9.17) is 0 Å². The van der Waals surface area contributed by atoms with Crippen molar-refractivity contribution in [2.24, 2.45) is 0 Å². The van der Waals surface area contributed by atoms with E-state index in [1.54, 1.807) is 0 Å². The Balaban J connectivity index is 2.11. The molecule has 3 nitrogen and oxygen atoms in total. The average molecular weight is 364 g/mol. The molecule has 1 aliphatic rings. The lowest BCUT2D eigenvalue weighted by atomic mass is 10.1. The minimum atomic E-state index is -4.73. The second kappa shape index (κ2) is 5.08. The molecule has 8 heteroatoms. The number of nitrogens with zero attached hydrogens (tertiary/aromatic N) is 3. The molecule has 0 aliphatic heterocycles. The SMILES string of the molecule is Fc1ccc(-c2nnc(CBr)n2C2CC2)cc1C(F)(F)F. The van der Waals surface area contributed by atoms with Crippen molar-refractivity contribution in [3.8, 4) is 11.4 Å². The third kappa shape index (κ3) is 2.68. The molecule has 0 amide bonds. The van der Waals surface area contributed by atoms with Crippen molar-refractivity contribution in [3.05, 3.63) is 35.4 Å². The largest absolute Gasteiger partial charge is 0.419 e. The minimum absolute atomic E-state index is 0.210. The Morgan fingerprint density at radius 1 is 1.24 bits per heavy atom. The quantitative estimate of drug-likeness (QED) is 0.600. The molecule has 21 heavy (non-hydrogen) atoms. The van der Waals surface area contributed by atoms with Crippen LogP contribution in [0.4, 0.5) is 17.6 Å². The standard InChI is InChI=1S/C13H10BrF4N3/c14-6-11-19-20-12(21(11)8-2-3-8)7-1-4-10(15)9(5-7)13(16,17)18/h1,4-5,8H,2-3,6H2. The summed E-state index contributed by atoms with van der Waals surface area (Å²) in [6.45, 7) is 0. The van der Waals surface area contributed by atoms with Crippen molar-refractivity contribution >= 4 is 15.9 Å². The van der Waals surface area contributed by atoms with Gasteiger partial charge in [-0.05, 0) is 31.0 Å². The normalized spacial score (nSPS) is 15.5. The van der Waals surface area contributed by atoms with E-state index in [2.05, 4.69) is 26.1 Å². The number of hydrogen-bond acceptors (Lipinski definition) is 2. The number of alkyl halides is 4. The van der Waals surface area contributed by atoms with E-state index < -0.39 is 17.6 Å². The molecule has 1 aromatic carbocycles. The number of halogens is 5. The van der Waals surface area contributed by atoms with Gasteiger partial charge in [0.15, 0.2) is 5.82 Å².